The Hall–Kier alpha value is -3.33. The first-order chi connectivity index (χ1) is 13.5. The third-order valence-electron chi connectivity index (χ3n) is 4.43. The van der Waals surface area contributed by atoms with Crippen molar-refractivity contribution < 1.29 is 23.1 Å². The van der Waals surface area contributed by atoms with E-state index in [-0.39, 0.29) is 23.1 Å². The van der Waals surface area contributed by atoms with Crippen LogP contribution in [0.4, 0.5) is 14.5 Å². The Morgan fingerprint density at radius 2 is 1.89 bits per heavy atom. The van der Waals surface area contributed by atoms with Crippen LogP contribution in [0.25, 0.3) is 5.52 Å². The number of carbonyl (C=O) groups is 2. The number of anilines is 1. The van der Waals surface area contributed by atoms with Crippen LogP contribution >= 0.6 is 0 Å². The summed E-state index contributed by atoms with van der Waals surface area (Å²) in [6.45, 7) is 1.74. The molecule has 2 aromatic heterocycles. The number of imidazole rings is 1. The van der Waals surface area contributed by atoms with E-state index in [1.807, 2.05) is 0 Å². The van der Waals surface area contributed by atoms with Crippen molar-refractivity contribution in [2.75, 3.05) is 31.6 Å². The molecular weight excluding hydrogens is 370 g/mol. The quantitative estimate of drug-likeness (QED) is 0.750. The van der Waals surface area contributed by atoms with Crippen molar-refractivity contribution >= 4 is 23.0 Å². The second-order valence-electron chi connectivity index (χ2n) is 6.22. The van der Waals surface area contributed by atoms with Crippen molar-refractivity contribution in [1.29, 1.82) is 0 Å². The molecule has 0 spiro atoms. The molecule has 0 aliphatic carbocycles. The molecule has 1 fully saturated rings. The average Bonchev–Trinajstić information content (AvgIpc) is 3.10. The van der Waals surface area contributed by atoms with Gasteiger partial charge < -0.3 is 15.0 Å². The monoisotopic (exact) mass is 386 g/mol. The molecule has 0 unspecified atom stereocenters. The molecule has 4 rings (SSSR count). The smallest absolute Gasteiger partial charge is 0.290 e. The number of hydrogen-bond donors (Lipinski definition) is 1. The minimum absolute atomic E-state index is 0.0269. The predicted molar refractivity (Wildman–Crippen MR) is 96.2 cm³/mol. The van der Waals surface area contributed by atoms with Gasteiger partial charge in [0.1, 0.15) is 11.6 Å². The Bertz CT molecular complexity index is 1060. The van der Waals surface area contributed by atoms with Crippen LogP contribution < -0.4 is 5.32 Å². The van der Waals surface area contributed by atoms with Crippen LogP contribution in [0.1, 0.15) is 21.1 Å². The summed E-state index contributed by atoms with van der Waals surface area (Å²) >= 11 is 0. The molecule has 9 heteroatoms. The van der Waals surface area contributed by atoms with Crippen molar-refractivity contribution in [2.45, 2.75) is 0 Å². The van der Waals surface area contributed by atoms with Crippen molar-refractivity contribution in [3.63, 3.8) is 0 Å². The highest BCUT2D eigenvalue weighted by atomic mass is 19.1. The number of nitrogens with zero attached hydrogens (tertiary/aromatic N) is 3. The maximum Gasteiger partial charge on any atom is 0.290 e. The van der Waals surface area contributed by atoms with E-state index in [1.165, 1.54) is 4.40 Å². The Morgan fingerprint density at radius 3 is 2.64 bits per heavy atom. The molecule has 1 aliphatic heterocycles. The van der Waals surface area contributed by atoms with Crippen LogP contribution in [-0.2, 0) is 4.74 Å². The van der Waals surface area contributed by atoms with Crippen LogP contribution in [0.2, 0.25) is 0 Å². The molecule has 144 valence electrons. The van der Waals surface area contributed by atoms with Gasteiger partial charge in [0.05, 0.1) is 24.4 Å². The highest BCUT2D eigenvalue weighted by Gasteiger charge is 2.26. The summed E-state index contributed by atoms with van der Waals surface area (Å²) in [6.07, 6.45) is 1.63. The lowest BCUT2D eigenvalue weighted by atomic mass is 10.2. The van der Waals surface area contributed by atoms with Crippen LogP contribution in [-0.4, -0.2) is 52.4 Å². The van der Waals surface area contributed by atoms with Gasteiger partial charge in [-0.3, -0.25) is 14.0 Å². The van der Waals surface area contributed by atoms with Crippen molar-refractivity contribution in [2.24, 2.45) is 0 Å². The number of carbonyl (C=O) groups excluding carboxylic acids is 2. The van der Waals surface area contributed by atoms with Gasteiger partial charge in [-0.1, -0.05) is 6.07 Å². The fraction of sp³-hybridized carbons (Fsp3) is 0.211. The van der Waals surface area contributed by atoms with E-state index in [0.29, 0.717) is 37.9 Å². The number of nitrogens with one attached hydrogen (secondary N) is 1. The predicted octanol–water partition coefficient (Wildman–Crippen LogP) is 2.34. The van der Waals surface area contributed by atoms with Gasteiger partial charge in [0.15, 0.2) is 5.69 Å². The summed E-state index contributed by atoms with van der Waals surface area (Å²) in [4.78, 5) is 31.4. The molecule has 28 heavy (non-hydrogen) atoms. The maximum atomic E-state index is 13.9. The molecule has 3 heterocycles. The van der Waals surface area contributed by atoms with Crippen molar-refractivity contribution in [3.05, 3.63) is 65.7 Å². The SMILES string of the molecule is O=C(Nc1ccc(F)cc1F)c1nc(C(=O)N2CCOCC2)n2ccccc12. The third-order valence-corrected chi connectivity index (χ3v) is 4.43. The van der Waals surface area contributed by atoms with E-state index >= 15 is 0 Å². The second-order valence-corrected chi connectivity index (χ2v) is 6.22. The number of amides is 2. The Balaban J connectivity index is 1.69. The summed E-state index contributed by atoms with van der Waals surface area (Å²) in [5, 5.41) is 2.38. The number of benzene rings is 1. The number of ether oxygens (including phenoxy) is 1. The summed E-state index contributed by atoms with van der Waals surface area (Å²) < 4.78 is 33.7. The molecule has 0 radical (unpaired) electrons. The zero-order valence-corrected chi connectivity index (χ0v) is 14.7. The second kappa shape index (κ2) is 7.35. The van der Waals surface area contributed by atoms with Gasteiger partial charge in [-0.2, -0.15) is 0 Å². The van der Waals surface area contributed by atoms with Crippen LogP contribution in [0, 0.1) is 11.6 Å². The number of rotatable bonds is 3. The number of aromatic nitrogens is 2. The largest absolute Gasteiger partial charge is 0.378 e. The van der Waals surface area contributed by atoms with Gasteiger partial charge in [0.25, 0.3) is 11.8 Å². The molecule has 7 nitrogen and oxygen atoms in total. The molecular formula is C19H16F2N4O3. The first-order valence-electron chi connectivity index (χ1n) is 8.65. The van der Waals surface area contributed by atoms with Gasteiger partial charge in [-0.25, -0.2) is 13.8 Å². The normalized spacial score (nSPS) is 14.3. The first-order valence-corrected chi connectivity index (χ1v) is 8.65. The van der Waals surface area contributed by atoms with Gasteiger partial charge in [-0.15, -0.1) is 0 Å². The number of fused-ring (bicyclic) bond motifs is 1. The molecule has 3 aromatic rings. The standard InChI is InChI=1S/C19H16F2N4O3/c20-12-4-5-14(13(21)11-12)22-18(26)16-15-3-1-2-6-25(15)17(23-16)19(27)24-7-9-28-10-8-24/h1-6,11H,7-10H2,(H,22,26). The Labute approximate surface area is 158 Å². The van der Waals surface area contributed by atoms with E-state index in [2.05, 4.69) is 10.3 Å². The molecule has 0 saturated carbocycles. The fourth-order valence-corrected chi connectivity index (χ4v) is 3.04. The highest BCUT2D eigenvalue weighted by molar-refractivity contribution is 6.09. The maximum absolute atomic E-state index is 13.9. The molecule has 2 amide bonds. The first kappa shape index (κ1) is 18.1. The summed E-state index contributed by atoms with van der Waals surface area (Å²) in [5.41, 5.74) is 0.199. The van der Waals surface area contributed by atoms with Crippen molar-refractivity contribution in [1.82, 2.24) is 14.3 Å². The van der Waals surface area contributed by atoms with E-state index < -0.39 is 17.5 Å². The fourth-order valence-electron chi connectivity index (χ4n) is 3.04. The molecule has 1 aliphatic rings. The van der Waals surface area contributed by atoms with Gasteiger partial charge in [0, 0.05) is 25.4 Å². The number of morpholine rings is 1. The van der Waals surface area contributed by atoms with E-state index in [4.69, 9.17) is 4.74 Å². The van der Waals surface area contributed by atoms with Crippen molar-refractivity contribution in [3.8, 4) is 0 Å². The molecule has 1 N–H and O–H groups in total. The summed E-state index contributed by atoms with van der Waals surface area (Å²) in [7, 11) is 0. The third kappa shape index (κ3) is 3.31. The summed E-state index contributed by atoms with van der Waals surface area (Å²) in [5.74, 6) is -2.59. The van der Waals surface area contributed by atoms with Crippen LogP contribution in [0.15, 0.2) is 42.6 Å². The minimum atomic E-state index is -0.901. The zero-order chi connectivity index (χ0) is 19.7. The minimum Gasteiger partial charge on any atom is -0.378 e. The number of hydrogen-bond acceptors (Lipinski definition) is 4. The Morgan fingerprint density at radius 1 is 1.11 bits per heavy atom. The van der Waals surface area contributed by atoms with Crippen LogP contribution in [0.5, 0.6) is 0 Å². The average molecular weight is 386 g/mol. The lowest BCUT2D eigenvalue weighted by Crippen LogP contribution is -2.41. The summed E-state index contributed by atoms with van der Waals surface area (Å²) in [6, 6.07) is 7.90. The van der Waals surface area contributed by atoms with Crippen LogP contribution in [0.3, 0.4) is 0 Å². The van der Waals surface area contributed by atoms with E-state index in [1.54, 1.807) is 29.3 Å². The van der Waals surface area contributed by atoms with Gasteiger partial charge >= 0.3 is 0 Å². The van der Waals surface area contributed by atoms with Gasteiger partial charge in [-0.05, 0) is 24.3 Å². The molecule has 1 aromatic carbocycles. The lowest BCUT2D eigenvalue weighted by molar-refractivity contribution is 0.0294. The number of pyridine rings is 1. The molecule has 0 bridgehead atoms. The zero-order valence-electron chi connectivity index (χ0n) is 14.7. The topological polar surface area (TPSA) is 75.9 Å². The highest BCUT2D eigenvalue weighted by Crippen LogP contribution is 2.19. The van der Waals surface area contributed by atoms with E-state index in [0.717, 1.165) is 12.1 Å². The molecule has 0 atom stereocenters. The van der Waals surface area contributed by atoms with E-state index in [9.17, 15) is 18.4 Å². The lowest BCUT2D eigenvalue weighted by Gasteiger charge is -2.26. The van der Waals surface area contributed by atoms with Gasteiger partial charge in [0.2, 0.25) is 5.82 Å². The Kier molecular flexibility index (Phi) is 4.74. The number of halogens is 2. The molecule has 1 saturated heterocycles.